The van der Waals surface area contributed by atoms with Crippen molar-refractivity contribution in [2.24, 2.45) is 0 Å². The standard InChI is InChI=1S/C17H21N3O3S2/c1-2-13-11-18-17(24-13)8-9-19-25(22,23)14-6-7-15-12(10-14)4-3-5-16(21)20-15/h6-7,10-11,19H,2-5,8-9H2,1H3,(H,20,21). The molecule has 2 aromatic rings. The van der Waals surface area contributed by atoms with Gasteiger partial charge in [-0.25, -0.2) is 18.1 Å². The molecule has 1 aliphatic rings. The average Bonchev–Trinajstić information content (AvgIpc) is 2.95. The van der Waals surface area contributed by atoms with E-state index in [-0.39, 0.29) is 10.8 Å². The maximum atomic E-state index is 12.5. The van der Waals surface area contributed by atoms with Crippen molar-refractivity contribution in [1.29, 1.82) is 0 Å². The van der Waals surface area contributed by atoms with E-state index >= 15 is 0 Å². The summed E-state index contributed by atoms with van der Waals surface area (Å²) in [5, 5.41) is 3.75. The number of hydrogen-bond donors (Lipinski definition) is 2. The number of sulfonamides is 1. The molecular weight excluding hydrogens is 358 g/mol. The predicted octanol–water partition coefficient (Wildman–Crippen LogP) is 2.50. The van der Waals surface area contributed by atoms with E-state index in [1.54, 1.807) is 23.5 Å². The fourth-order valence-electron chi connectivity index (χ4n) is 2.72. The van der Waals surface area contributed by atoms with Crippen molar-refractivity contribution in [2.45, 2.75) is 43.9 Å². The van der Waals surface area contributed by atoms with Gasteiger partial charge in [0.2, 0.25) is 15.9 Å². The molecule has 2 N–H and O–H groups in total. The second kappa shape index (κ2) is 7.63. The minimum atomic E-state index is -3.57. The maximum absolute atomic E-state index is 12.5. The summed E-state index contributed by atoms with van der Waals surface area (Å²) in [7, 11) is -3.57. The molecule has 0 atom stereocenters. The number of anilines is 1. The van der Waals surface area contributed by atoms with Gasteiger partial charge in [-0.3, -0.25) is 4.79 Å². The predicted molar refractivity (Wildman–Crippen MR) is 98.4 cm³/mol. The van der Waals surface area contributed by atoms with Gasteiger partial charge in [-0.1, -0.05) is 6.92 Å². The second-order valence-electron chi connectivity index (χ2n) is 5.94. The van der Waals surface area contributed by atoms with Gasteiger partial charge in [0.05, 0.1) is 9.90 Å². The molecule has 6 nitrogen and oxygen atoms in total. The van der Waals surface area contributed by atoms with Crippen molar-refractivity contribution in [1.82, 2.24) is 9.71 Å². The first-order valence-corrected chi connectivity index (χ1v) is 10.6. The monoisotopic (exact) mass is 379 g/mol. The molecule has 0 radical (unpaired) electrons. The van der Waals surface area contributed by atoms with Crippen LogP contribution < -0.4 is 10.0 Å². The van der Waals surface area contributed by atoms with Crippen LogP contribution in [-0.4, -0.2) is 25.9 Å². The van der Waals surface area contributed by atoms with Gasteiger partial charge in [0.25, 0.3) is 0 Å². The van der Waals surface area contributed by atoms with E-state index in [4.69, 9.17) is 0 Å². The zero-order valence-corrected chi connectivity index (χ0v) is 15.7. The van der Waals surface area contributed by atoms with Crippen LogP contribution in [0.25, 0.3) is 0 Å². The van der Waals surface area contributed by atoms with Crippen LogP contribution in [0.1, 0.15) is 35.2 Å². The van der Waals surface area contributed by atoms with Crippen LogP contribution >= 0.6 is 11.3 Å². The van der Waals surface area contributed by atoms with Gasteiger partial charge in [-0.2, -0.15) is 0 Å². The molecule has 1 aliphatic heterocycles. The molecule has 25 heavy (non-hydrogen) atoms. The highest BCUT2D eigenvalue weighted by Gasteiger charge is 2.18. The smallest absolute Gasteiger partial charge is 0.240 e. The minimum absolute atomic E-state index is 0.0256. The summed E-state index contributed by atoms with van der Waals surface area (Å²) >= 11 is 1.61. The lowest BCUT2D eigenvalue weighted by molar-refractivity contribution is -0.116. The van der Waals surface area contributed by atoms with Crippen LogP contribution in [-0.2, 0) is 34.1 Å². The number of nitrogens with zero attached hydrogens (tertiary/aromatic N) is 1. The van der Waals surface area contributed by atoms with E-state index in [1.165, 1.54) is 10.9 Å². The third-order valence-electron chi connectivity index (χ3n) is 4.09. The van der Waals surface area contributed by atoms with Gasteiger partial charge in [0.15, 0.2) is 0 Å². The van der Waals surface area contributed by atoms with Crippen molar-refractivity contribution in [3.8, 4) is 0 Å². The Morgan fingerprint density at radius 2 is 2.16 bits per heavy atom. The van der Waals surface area contributed by atoms with Crippen molar-refractivity contribution >= 4 is 33.0 Å². The van der Waals surface area contributed by atoms with Gasteiger partial charge in [-0.15, -0.1) is 11.3 Å². The highest BCUT2D eigenvalue weighted by Crippen LogP contribution is 2.25. The van der Waals surface area contributed by atoms with Gasteiger partial charge in [0.1, 0.15) is 0 Å². The van der Waals surface area contributed by atoms with Crippen LogP contribution in [0.2, 0.25) is 0 Å². The summed E-state index contributed by atoms with van der Waals surface area (Å²) in [5.41, 5.74) is 1.57. The summed E-state index contributed by atoms with van der Waals surface area (Å²) < 4.78 is 27.6. The number of rotatable bonds is 6. The molecule has 0 spiro atoms. The first-order chi connectivity index (χ1) is 12.0. The normalized spacial score (nSPS) is 14.7. The van der Waals surface area contributed by atoms with E-state index in [0.29, 0.717) is 31.5 Å². The Bertz CT molecular complexity index is 875. The van der Waals surface area contributed by atoms with Crippen molar-refractivity contribution < 1.29 is 13.2 Å². The van der Waals surface area contributed by atoms with E-state index in [2.05, 4.69) is 21.9 Å². The number of carbonyl (C=O) groups excluding carboxylic acids is 1. The average molecular weight is 380 g/mol. The van der Waals surface area contributed by atoms with Crippen LogP contribution in [0, 0.1) is 0 Å². The van der Waals surface area contributed by atoms with Gasteiger partial charge >= 0.3 is 0 Å². The lowest BCUT2D eigenvalue weighted by atomic mass is 10.1. The molecule has 3 rings (SSSR count). The van der Waals surface area contributed by atoms with Gasteiger partial charge in [-0.05, 0) is 43.0 Å². The van der Waals surface area contributed by atoms with Crippen LogP contribution in [0.5, 0.6) is 0 Å². The highest BCUT2D eigenvalue weighted by molar-refractivity contribution is 7.89. The molecule has 134 valence electrons. The Morgan fingerprint density at radius 3 is 2.92 bits per heavy atom. The molecule has 1 aromatic heterocycles. The molecule has 0 saturated carbocycles. The Balaban J connectivity index is 1.67. The summed E-state index contributed by atoms with van der Waals surface area (Å²) in [4.78, 5) is 17.3. The van der Waals surface area contributed by atoms with Crippen molar-refractivity contribution in [3.63, 3.8) is 0 Å². The molecule has 0 fully saturated rings. The molecular formula is C17H21N3O3S2. The fraction of sp³-hybridized carbons (Fsp3) is 0.412. The SMILES string of the molecule is CCc1cnc(CCNS(=O)(=O)c2ccc3c(c2)CCCC(=O)N3)s1. The fourth-order valence-corrected chi connectivity index (χ4v) is 4.66. The van der Waals surface area contributed by atoms with E-state index in [0.717, 1.165) is 23.4 Å². The van der Waals surface area contributed by atoms with Crippen molar-refractivity contribution in [2.75, 3.05) is 11.9 Å². The maximum Gasteiger partial charge on any atom is 0.240 e. The van der Waals surface area contributed by atoms with Crippen LogP contribution in [0.15, 0.2) is 29.3 Å². The summed E-state index contributed by atoms with van der Waals surface area (Å²) in [5.74, 6) is -0.0256. The zero-order valence-electron chi connectivity index (χ0n) is 14.0. The Morgan fingerprint density at radius 1 is 1.32 bits per heavy atom. The third-order valence-corrected chi connectivity index (χ3v) is 6.75. The van der Waals surface area contributed by atoms with E-state index in [9.17, 15) is 13.2 Å². The van der Waals surface area contributed by atoms with Crippen molar-refractivity contribution in [3.05, 3.63) is 39.8 Å². The number of carbonyl (C=O) groups is 1. The number of nitrogens with one attached hydrogen (secondary N) is 2. The van der Waals surface area contributed by atoms with E-state index < -0.39 is 10.0 Å². The molecule has 0 unspecified atom stereocenters. The van der Waals surface area contributed by atoms with E-state index in [1.807, 2.05) is 6.20 Å². The molecule has 0 saturated heterocycles. The number of fused-ring (bicyclic) bond motifs is 1. The number of amides is 1. The Hall–Kier alpha value is -1.77. The number of aromatic nitrogens is 1. The molecule has 0 aliphatic carbocycles. The summed E-state index contributed by atoms with van der Waals surface area (Å²) in [6.07, 6.45) is 5.23. The second-order valence-corrected chi connectivity index (χ2v) is 8.91. The first-order valence-electron chi connectivity index (χ1n) is 8.34. The third kappa shape index (κ3) is 4.45. The first kappa shape index (κ1) is 18.0. The molecule has 8 heteroatoms. The summed E-state index contributed by atoms with van der Waals surface area (Å²) in [6.45, 7) is 2.38. The van der Waals surface area contributed by atoms with Gasteiger partial charge < -0.3 is 5.32 Å². The largest absolute Gasteiger partial charge is 0.326 e. The summed E-state index contributed by atoms with van der Waals surface area (Å²) in [6, 6.07) is 4.86. The van der Waals surface area contributed by atoms with Crippen LogP contribution in [0.3, 0.4) is 0 Å². The molecule has 1 amide bonds. The molecule has 2 heterocycles. The lowest BCUT2D eigenvalue weighted by Crippen LogP contribution is -2.26. The lowest BCUT2D eigenvalue weighted by Gasteiger charge is -2.10. The Kier molecular flexibility index (Phi) is 5.51. The number of benzene rings is 1. The molecule has 1 aromatic carbocycles. The highest BCUT2D eigenvalue weighted by atomic mass is 32.2. The topological polar surface area (TPSA) is 88.2 Å². The Labute approximate surface area is 151 Å². The number of hydrogen-bond acceptors (Lipinski definition) is 5. The zero-order chi connectivity index (χ0) is 17.9. The number of thiazole rings is 1. The van der Waals surface area contributed by atoms with Crippen LogP contribution in [0.4, 0.5) is 5.69 Å². The van der Waals surface area contributed by atoms with Gasteiger partial charge in [0, 0.05) is 36.1 Å². The minimum Gasteiger partial charge on any atom is -0.326 e. The quantitative estimate of drug-likeness (QED) is 0.807. The molecule has 0 bridgehead atoms. The number of aryl methyl sites for hydroxylation is 2.